The Morgan fingerprint density at radius 2 is 1.58 bits per heavy atom. The average molecular weight is 438 g/mol. The number of methoxy groups -OCH3 is 2. The van der Waals surface area contributed by atoms with Gasteiger partial charge in [0, 0.05) is 17.7 Å². The first-order valence-electron chi connectivity index (χ1n) is 9.30. The molecule has 2 aromatic carbocycles. The monoisotopic (exact) mass is 438 g/mol. The average Bonchev–Trinajstić information content (AvgIpc) is 3.03. The number of amides is 2. The number of anilines is 1. The molecule has 31 heavy (non-hydrogen) atoms. The number of fused-ring (bicyclic) bond motifs is 1. The predicted molar refractivity (Wildman–Crippen MR) is 105 cm³/mol. The molecule has 0 unspecified atom stereocenters. The summed E-state index contributed by atoms with van der Waals surface area (Å²) in [6.45, 7) is 1.90. The molecule has 10 heteroatoms. The second kappa shape index (κ2) is 8.75. The van der Waals surface area contributed by atoms with E-state index in [1.54, 1.807) is 24.3 Å². The molecule has 1 aliphatic carbocycles. The van der Waals surface area contributed by atoms with Crippen LogP contribution in [0.5, 0.6) is 11.5 Å². The zero-order valence-corrected chi connectivity index (χ0v) is 17.0. The van der Waals surface area contributed by atoms with Crippen molar-refractivity contribution in [1.29, 1.82) is 0 Å². The molecule has 0 spiro atoms. The van der Waals surface area contributed by atoms with Gasteiger partial charge in [-0.1, -0.05) is 17.7 Å². The number of benzene rings is 2. The predicted octanol–water partition coefficient (Wildman–Crippen LogP) is 4.43. The van der Waals surface area contributed by atoms with Gasteiger partial charge < -0.3 is 19.5 Å². The first-order chi connectivity index (χ1) is 14.6. The topological polar surface area (TPSA) is 85.9 Å². The number of ether oxygens (including phenoxy) is 3. The van der Waals surface area contributed by atoms with Crippen LogP contribution in [-0.2, 0) is 9.53 Å². The molecule has 2 amide bonds. The van der Waals surface area contributed by atoms with Crippen molar-refractivity contribution in [3.05, 3.63) is 53.1 Å². The van der Waals surface area contributed by atoms with Crippen LogP contribution >= 0.6 is 0 Å². The summed E-state index contributed by atoms with van der Waals surface area (Å²) in [5, 5.41) is 4.52. The third kappa shape index (κ3) is 5.01. The Morgan fingerprint density at radius 3 is 2.13 bits per heavy atom. The molecule has 0 aliphatic heterocycles. The first-order valence-corrected chi connectivity index (χ1v) is 9.30. The Balaban J connectivity index is 1.85. The SMILES string of the molecule is COc1cc2c(cc1OC)[C@H](NC(=O)C(F)(F)F)C[C@@H]2OC(=O)Nc1ccc(C)cc1. The lowest BCUT2D eigenvalue weighted by Gasteiger charge is -2.16. The molecule has 0 aromatic heterocycles. The Bertz CT molecular complexity index is 976. The maximum Gasteiger partial charge on any atom is 0.471 e. The van der Waals surface area contributed by atoms with Gasteiger partial charge >= 0.3 is 18.2 Å². The zero-order chi connectivity index (χ0) is 22.8. The number of nitrogens with one attached hydrogen (secondary N) is 2. The fourth-order valence-corrected chi connectivity index (χ4v) is 3.36. The smallest absolute Gasteiger partial charge is 0.471 e. The number of carbonyl (C=O) groups is 2. The van der Waals surface area contributed by atoms with Crippen LogP contribution in [0.1, 0.15) is 35.3 Å². The molecule has 166 valence electrons. The quantitative estimate of drug-likeness (QED) is 0.722. The molecule has 0 fully saturated rings. The van der Waals surface area contributed by atoms with Crippen molar-refractivity contribution in [2.45, 2.75) is 31.7 Å². The van der Waals surface area contributed by atoms with Gasteiger partial charge in [-0.05, 0) is 36.8 Å². The van der Waals surface area contributed by atoms with Gasteiger partial charge in [0.05, 0.1) is 20.3 Å². The highest BCUT2D eigenvalue weighted by Gasteiger charge is 2.43. The number of hydrogen-bond acceptors (Lipinski definition) is 5. The van der Waals surface area contributed by atoms with E-state index in [4.69, 9.17) is 14.2 Å². The van der Waals surface area contributed by atoms with Crippen LogP contribution < -0.4 is 20.1 Å². The van der Waals surface area contributed by atoms with Crippen molar-refractivity contribution in [3.8, 4) is 11.5 Å². The summed E-state index contributed by atoms with van der Waals surface area (Å²) in [4.78, 5) is 23.9. The highest BCUT2D eigenvalue weighted by molar-refractivity contribution is 5.85. The molecular formula is C21H21F3N2O5. The van der Waals surface area contributed by atoms with Crippen molar-refractivity contribution >= 4 is 17.7 Å². The fraction of sp³-hybridized carbons (Fsp3) is 0.333. The van der Waals surface area contributed by atoms with Crippen molar-refractivity contribution in [2.75, 3.05) is 19.5 Å². The molecule has 2 atom stereocenters. The summed E-state index contributed by atoms with van der Waals surface area (Å²) in [5.41, 5.74) is 2.28. The van der Waals surface area contributed by atoms with Crippen LogP contribution in [-0.4, -0.2) is 32.4 Å². The van der Waals surface area contributed by atoms with Gasteiger partial charge in [-0.3, -0.25) is 10.1 Å². The standard InChI is InChI=1S/C21H21F3N2O5/c1-11-4-6-12(7-5-11)25-20(28)31-16-10-15(26-19(27)21(22,23)24)13-8-17(29-2)18(30-3)9-14(13)16/h4-9,15-16H,10H2,1-3H3,(H,25,28)(H,26,27)/t15-,16+/m1/s1. The molecule has 0 radical (unpaired) electrons. The van der Waals surface area contributed by atoms with Crippen LogP contribution in [0.4, 0.5) is 23.7 Å². The van der Waals surface area contributed by atoms with Gasteiger partial charge in [-0.2, -0.15) is 13.2 Å². The molecule has 3 rings (SSSR count). The van der Waals surface area contributed by atoms with E-state index in [2.05, 4.69) is 5.32 Å². The van der Waals surface area contributed by atoms with E-state index in [1.807, 2.05) is 12.2 Å². The van der Waals surface area contributed by atoms with Gasteiger partial charge in [-0.15, -0.1) is 0 Å². The molecule has 1 aliphatic rings. The molecular weight excluding hydrogens is 417 g/mol. The van der Waals surface area contributed by atoms with E-state index >= 15 is 0 Å². The van der Waals surface area contributed by atoms with Gasteiger partial charge in [-0.25, -0.2) is 4.79 Å². The van der Waals surface area contributed by atoms with E-state index in [1.165, 1.54) is 26.4 Å². The summed E-state index contributed by atoms with van der Waals surface area (Å²) in [6.07, 6.45) is -6.80. The summed E-state index contributed by atoms with van der Waals surface area (Å²) < 4.78 is 54.2. The first kappa shape index (κ1) is 22.3. The van der Waals surface area contributed by atoms with Gasteiger partial charge in [0.2, 0.25) is 0 Å². The number of hydrogen-bond donors (Lipinski definition) is 2. The number of rotatable bonds is 5. The van der Waals surface area contributed by atoms with E-state index in [0.29, 0.717) is 22.6 Å². The largest absolute Gasteiger partial charge is 0.493 e. The lowest BCUT2D eigenvalue weighted by Crippen LogP contribution is -2.38. The lowest BCUT2D eigenvalue weighted by atomic mass is 10.1. The molecule has 0 saturated heterocycles. The number of aryl methyl sites for hydroxylation is 1. The van der Waals surface area contributed by atoms with Gasteiger partial charge in [0.1, 0.15) is 6.10 Å². The van der Waals surface area contributed by atoms with E-state index < -0.39 is 30.3 Å². The Morgan fingerprint density at radius 1 is 1.00 bits per heavy atom. The fourth-order valence-electron chi connectivity index (χ4n) is 3.36. The van der Waals surface area contributed by atoms with Crippen molar-refractivity contribution < 1.29 is 37.0 Å². The second-order valence-electron chi connectivity index (χ2n) is 6.98. The third-order valence-electron chi connectivity index (χ3n) is 4.87. The molecule has 0 bridgehead atoms. The Kier molecular flexibility index (Phi) is 6.28. The normalized spacial score (nSPS) is 17.5. The van der Waals surface area contributed by atoms with Crippen LogP contribution in [0.15, 0.2) is 36.4 Å². The minimum absolute atomic E-state index is 0.0746. The Hall–Kier alpha value is -3.43. The van der Waals surface area contributed by atoms with E-state index in [9.17, 15) is 22.8 Å². The van der Waals surface area contributed by atoms with Crippen LogP contribution in [0, 0.1) is 6.92 Å². The van der Waals surface area contributed by atoms with E-state index in [-0.39, 0.29) is 12.2 Å². The number of carbonyl (C=O) groups excluding carboxylic acids is 2. The number of halogens is 3. The molecule has 2 N–H and O–H groups in total. The summed E-state index contributed by atoms with van der Waals surface area (Å²) in [7, 11) is 2.79. The van der Waals surface area contributed by atoms with Crippen molar-refractivity contribution in [3.63, 3.8) is 0 Å². The van der Waals surface area contributed by atoms with Gasteiger partial charge in [0.25, 0.3) is 0 Å². The van der Waals surface area contributed by atoms with Gasteiger partial charge in [0.15, 0.2) is 11.5 Å². The molecule has 2 aromatic rings. The Labute approximate surface area is 176 Å². The van der Waals surface area contributed by atoms with E-state index in [0.717, 1.165) is 5.56 Å². The number of alkyl halides is 3. The van der Waals surface area contributed by atoms with Crippen LogP contribution in [0.3, 0.4) is 0 Å². The summed E-state index contributed by atoms with van der Waals surface area (Å²) in [5.74, 6) is -1.49. The maximum atomic E-state index is 12.8. The lowest BCUT2D eigenvalue weighted by molar-refractivity contribution is -0.174. The minimum Gasteiger partial charge on any atom is -0.493 e. The highest BCUT2D eigenvalue weighted by Crippen LogP contribution is 2.46. The maximum absolute atomic E-state index is 12.8. The summed E-state index contributed by atoms with van der Waals surface area (Å²) >= 11 is 0. The van der Waals surface area contributed by atoms with Crippen LogP contribution in [0.25, 0.3) is 0 Å². The third-order valence-corrected chi connectivity index (χ3v) is 4.87. The second-order valence-corrected chi connectivity index (χ2v) is 6.98. The minimum atomic E-state index is -5.04. The molecule has 0 heterocycles. The molecule has 0 saturated carbocycles. The van der Waals surface area contributed by atoms with Crippen LogP contribution in [0.2, 0.25) is 0 Å². The molecule has 7 nitrogen and oxygen atoms in total. The highest BCUT2D eigenvalue weighted by atomic mass is 19.4. The zero-order valence-electron chi connectivity index (χ0n) is 17.0. The summed E-state index contributed by atoms with van der Waals surface area (Å²) in [6, 6.07) is 8.97. The van der Waals surface area contributed by atoms with Crippen molar-refractivity contribution in [2.24, 2.45) is 0 Å². The van der Waals surface area contributed by atoms with Crippen molar-refractivity contribution in [1.82, 2.24) is 5.32 Å².